The van der Waals surface area contributed by atoms with E-state index in [1.807, 2.05) is 0 Å². The van der Waals surface area contributed by atoms with Gasteiger partial charge in [-0.1, -0.05) is 0 Å². The highest BCUT2D eigenvalue weighted by molar-refractivity contribution is 5.99. The van der Waals surface area contributed by atoms with Crippen molar-refractivity contribution in [3.63, 3.8) is 0 Å². The van der Waals surface area contributed by atoms with Crippen molar-refractivity contribution in [1.82, 2.24) is 5.43 Å². The predicted molar refractivity (Wildman–Crippen MR) is 65.5 cm³/mol. The van der Waals surface area contributed by atoms with Gasteiger partial charge < -0.3 is 4.74 Å². The molecule has 0 aliphatic heterocycles. The van der Waals surface area contributed by atoms with E-state index < -0.39 is 11.0 Å². The van der Waals surface area contributed by atoms with Gasteiger partial charge in [-0.25, -0.2) is 10.2 Å². The number of amides is 1. The first-order valence-electron chi connectivity index (χ1n) is 5.26. The number of ether oxygens (including phenoxy) is 1. The number of nitro benzene ring substituents is 1. The minimum absolute atomic E-state index is 0.00454. The van der Waals surface area contributed by atoms with Gasteiger partial charge in [0.2, 0.25) is 0 Å². The number of hydrazone groups is 1. The van der Waals surface area contributed by atoms with E-state index in [2.05, 4.69) is 15.3 Å². The molecule has 0 atom stereocenters. The molecule has 0 saturated heterocycles. The van der Waals surface area contributed by atoms with Gasteiger partial charge in [0.05, 0.1) is 17.2 Å². The number of hydrogen-bond donors (Lipinski definition) is 1. The standard InChI is InChI=1S/C11H13N3O4/c1-3-18-11(15)13-12-8(2)9-4-6-10(7-5-9)14(16)17/h4-7H,3H2,1-2H3,(H,13,15)/b12-8-. The molecule has 0 aromatic heterocycles. The van der Waals surface area contributed by atoms with Crippen molar-refractivity contribution in [3.05, 3.63) is 39.9 Å². The van der Waals surface area contributed by atoms with Crippen molar-refractivity contribution in [1.29, 1.82) is 0 Å². The zero-order chi connectivity index (χ0) is 13.5. The van der Waals surface area contributed by atoms with Crippen LogP contribution in [0.5, 0.6) is 0 Å². The van der Waals surface area contributed by atoms with Crippen LogP contribution in [0.2, 0.25) is 0 Å². The van der Waals surface area contributed by atoms with Crippen LogP contribution in [0.25, 0.3) is 0 Å². The smallest absolute Gasteiger partial charge is 0.427 e. The van der Waals surface area contributed by atoms with Crippen LogP contribution in [0.1, 0.15) is 19.4 Å². The first-order chi connectivity index (χ1) is 8.54. The van der Waals surface area contributed by atoms with Gasteiger partial charge in [-0.15, -0.1) is 0 Å². The average Bonchev–Trinajstić information content (AvgIpc) is 2.36. The van der Waals surface area contributed by atoms with Gasteiger partial charge in [0.15, 0.2) is 0 Å². The van der Waals surface area contributed by atoms with Gasteiger partial charge in [0, 0.05) is 12.1 Å². The van der Waals surface area contributed by atoms with Crippen molar-refractivity contribution in [2.75, 3.05) is 6.61 Å². The Kier molecular flexibility index (Phi) is 4.79. The van der Waals surface area contributed by atoms with Crippen LogP contribution in [0.3, 0.4) is 0 Å². The predicted octanol–water partition coefficient (Wildman–Crippen LogP) is 2.06. The molecule has 0 aliphatic carbocycles. The number of nitrogens with zero attached hydrogens (tertiary/aromatic N) is 2. The van der Waals surface area contributed by atoms with E-state index in [1.165, 1.54) is 12.1 Å². The molecule has 1 amide bonds. The Morgan fingerprint density at radius 2 is 2.06 bits per heavy atom. The number of non-ortho nitro benzene ring substituents is 1. The summed E-state index contributed by atoms with van der Waals surface area (Å²) in [7, 11) is 0. The molecule has 0 unspecified atom stereocenters. The van der Waals surface area contributed by atoms with E-state index in [0.29, 0.717) is 11.3 Å². The van der Waals surface area contributed by atoms with Crippen molar-refractivity contribution in [2.24, 2.45) is 5.10 Å². The van der Waals surface area contributed by atoms with Gasteiger partial charge in [0.1, 0.15) is 0 Å². The zero-order valence-corrected chi connectivity index (χ0v) is 10.0. The van der Waals surface area contributed by atoms with Crippen LogP contribution in [-0.2, 0) is 4.74 Å². The molecule has 0 saturated carbocycles. The van der Waals surface area contributed by atoms with E-state index in [9.17, 15) is 14.9 Å². The molecule has 0 spiro atoms. The number of benzene rings is 1. The number of hydrogen-bond acceptors (Lipinski definition) is 5. The third kappa shape index (κ3) is 3.85. The van der Waals surface area contributed by atoms with Crippen molar-refractivity contribution in [2.45, 2.75) is 13.8 Å². The van der Waals surface area contributed by atoms with Gasteiger partial charge in [-0.3, -0.25) is 10.1 Å². The molecule has 1 rings (SSSR count). The third-order valence-corrected chi connectivity index (χ3v) is 2.09. The minimum Gasteiger partial charge on any atom is -0.449 e. The van der Waals surface area contributed by atoms with E-state index in [0.717, 1.165) is 0 Å². The number of nitro groups is 1. The van der Waals surface area contributed by atoms with Crippen molar-refractivity contribution >= 4 is 17.5 Å². The lowest BCUT2D eigenvalue weighted by Gasteiger charge is -2.02. The summed E-state index contributed by atoms with van der Waals surface area (Å²) in [6.07, 6.45) is -0.640. The van der Waals surface area contributed by atoms with Crippen molar-refractivity contribution < 1.29 is 14.5 Å². The SMILES string of the molecule is CCOC(=O)N/N=C(/C)c1ccc([N+](=O)[O-])cc1. The zero-order valence-electron chi connectivity index (χ0n) is 10.0. The minimum atomic E-state index is -0.640. The van der Waals surface area contributed by atoms with E-state index in [4.69, 9.17) is 0 Å². The number of rotatable bonds is 4. The molecule has 7 heteroatoms. The van der Waals surface area contributed by atoms with E-state index in [-0.39, 0.29) is 12.3 Å². The molecule has 0 heterocycles. The maximum Gasteiger partial charge on any atom is 0.427 e. The molecule has 1 aromatic carbocycles. The lowest BCUT2D eigenvalue weighted by atomic mass is 10.1. The van der Waals surface area contributed by atoms with Gasteiger partial charge in [0.25, 0.3) is 5.69 Å². The van der Waals surface area contributed by atoms with Gasteiger partial charge >= 0.3 is 6.09 Å². The quantitative estimate of drug-likeness (QED) is 0.503. The Bertz CT molecular complexity index is 468. The Balaban J connectivity index is 2.71. The lowest BCUT2D eigenvalue weighted by molar-refractivity contribution is -0.384. The molecule has 0 aliphatic rings. The second-order valence-corrected chi connectivity index (χ2v) is 3.33. The molecular formula is C11H13N3O4. The fraction of sp³-hybridized carbons (Fsp3) is 0.273. The summed E-state index contributed by atoms with van der Waals surface area (Å²) >= 11 is 0. The third-order valence-electron chi connectivity index (χ3n) is 2.09. The Morgan fingerprint density at radius 1 is 1.44 bits per heavy atom. The normalized spacial score (nSPS) is 10.9. The highest BCUT2D eigenvalue weighted by Crippen LogP contribution is 2.12. The summed E-state index contributed by atoms with van der Waals surface area (Å²) in [5.41, 5.74) is 3.42. The Morgan fingerprint density at radius 3 is 2.56 bits per heavy atom. The number of carbonyl (C=O) groups excluding carboxylic acids is 1. The molecule has 0 bridgehead atoms. The summed E-state index contributed by atoms with van der Waals surface area (Å²) in [5, 5.41) is 14.3. The van der Waals surface area contributed by atoms with E-state index >= 15 is 0 Å². The first kappa shape index (κ1) is 13.6. The van der Waals surface area contributed by atoms with Crippen LogP contribution in [-0.4, -0.2) is 23.3 Å². The second kappa shape index (κ2) is 6.33. The van der Waals surface area contributed by atoms with Crippen LogP contribution in [0.4, 0.5) is 10.5 Å². The molecule has 7 nitrogen and oxygen atoms in total. The summed E-state index contributed by atoms with van der Waals surface area (Å²) < 4.78 is 4.63. The highest BCUT2D eigenvalue weighted by atomic mass is 16.6. The van der Waals surface area contributed by atoms with Gasteiger partial charge in [-0.2, -0.15) is 5.10 Å². The van der Waals surface area contributed by atoms with Crippen LogP contribution in [0, 0.1) is 10.1 Å². The van der Waals surface area contributed by atoms with Crippen LogP contribution in [0.15, 0.2) is 29.4 Å². The highest BCUT2D eigenvalue weighted by Gasteiger charge is 2.05. The lowest BCUT2D eigenvalue weighted by Crippen LogP contribution is -2.20. The average molecular weight is 251 g/mol. The summed E-state index contributed by atoms with van der Waals surface area (Å²) in [6, 6.07) is 5.87. The molecule has 1 N–H and O–H groups in total. The monoisotopic (exact) mass is 251 g/mol. The molecule has 0 fully saturated rings. The van der Waals surface area contributed by atoms with E-state index in [1.54, 1.807) is 26.0 Å². The van der Waals surface area contributed by atoms with Crippen LogP contribution < -0.4 is 5.43 Å². The molecule has 18 heavy (non-hydrogen) atoms. The summed E-state index contributed by atoms with van der Waals surface area (Å²) in [4.78, 5) is 21.0. The summed E-state index contributed by atoms with van der Waals surface area (Å²) in [6.45, 7) is 3.62. The molecule has 1 aromatic rings. The van der Waals surface area contributed by atoms with Gasteiger partial charge in [-0.05, 0) is 31.5 Å². The summed E-state index contributed by atoms with van der Waals surface area (Å²) in [5.74, 6) is 0. The largest absolute Gasteiger partial charge is 0.449 e. The van der Waals surface area contributed by atoms with Crippen molar-refractivity contribution in [3.8, 4) is 0 Å². The maximum absolute atomic E-state index is 11.0. The first-order valence-corrected chi connectivity index (χ1v) is 5.26. The molecular weight excluding hydrogens is 238 g/mol. The van der Waals surface area contributed by atoms with Crippen LogP contribution >= 0.6 is 0 Å². The fourth-order valence-electron chi connectivity index (χ4n) is 1.18. The fourth-order valence-corrected chi connectivity index (χ4v) is 1.18. The Hall–Kier alpha value is -2.44. The molecule has 0 radical (unpaired) electrons. The maximum atomic E-state index is 11.0. The second-order valence-electron chi connectivity index (χ2n) is 3.33. The molecule has 96 valence electrons. The number of nitrogens with one attached hydrogen (secondary N) is 1. The number of carbonyl (C=O) groups is 1. The topological polar surface area (TPSA) is 93.8 Å². The Labute approximate surface area is 104 Å².